The zero-order valence-electron chi connectivity index (χ0n) is 17.1. The SMILES string of the molecule is CCCCC(C)(C)N(CC)OCC(C)=C(C)C1CCCC1(C)C. The summed E-state index contributed by atoms with van der Waals surface area (Å²) in [6, 6.07) is 0. The summed E-state index contributed by atoms with van der Waals surface area (Å²) < 4.78 is 0. The molecule has 0 saturated heterocycles. The van der Waals surface area contributed by atoms with Gasteiger partial charge in [-0.25, -0.2) is 0 Å². The molecule has 0 amide bonds. The molecule has 1 aliphatic rings. The number of nitrogens with zero attached hydrogens (tertiary/aromatic N) is 1. The molecule has 2 heteroatoms. The van der Waals surface area contributed by atoms with Crippen molar-refractivity contribution < 1.29 is 4.84 Å². The third-order valence-corrected chi connectivity index (χ3v) is 5.99. The lowest BCUT2D eigenvalue weighted by molar-refractivity contribution is -0.207. The standard InChI is InChI=1S/C21H41NO/c1-9-11-15-21(7,8)22(10-2)23-16-17(3)18(4)19-13-12-14-20(19,5)6/h19H,9-16H2,1-8H3. The van der Waals surface area contributed by atoms with E-state index >= 15 is 0 Å². The van der Waals surface area contributed by atoms with Gasteiger partial charge in [0.05, 0.1) is 6.61 Å². The molecule has 1 saturated carbocycles. The Hall–Kier alpha value is -0.340. The molecule has 0 aromatic heterocycles. The van der Waals surface area contributed by atoms with Gasteiger partial charge < -0.3 is 0 Å². The Kier molecular flexibility index (Phi) is 7.80. The van der Waals surface area contributed by atoms with Gasteiger partial charge in [-0.15, -0.1) is 0 Å². The van der Waals surface area contributed by atoms with E-state index < -0.39 is 0 Å². The van der Waals surface area contributed by atoms with Gasteiger partial charge in [0.15, 0.2) is 0 Å². The van der Waals surface area contributed by atoms with Crippen molar-refractivity contribution in [2.75, 3.05) is 13.2 Å². The molecule has 23 heavy (non-hydrogen) atoms. The molecule has 0 aliphatic heterocycles. The quantitative estimate of drug-likeness (QED) is 0.361. The Labute approximate surface area is 145 Å². The molecule has 0 N–H and O–H groups in total. The third-order valence-electron chi connectivity index (χ3n) is 5.99. The van der Waals surface area contributed by atoms with Gasteiger partial charge in [-0.1, -0.05) is 52.5 Å². The van der Waals surface area contributed by atoms with Gasteiger partial charge in [0.1, 0.15) is 0 Å². The summed E-state index contributed by atoms with van der Waals surface area (Å²) in [5, 5.41) is 2.19. The van der Waals surface area contributed by atoms with E-state index in [4.69, 9.17) is 4.84 Å². The Morgan fingerprint density at radius 2 is 1.87 bits per heavy atom. The summed E-state index contributed by atoms with van der Waals surface area (Å²) in [5.74, 6) is 0.731. The van der Waals surface area contributed by atoms with Crippen LogP contribution >= 0.6 is 0 Å². The number of unbranched alkanes of at least 4 members (excludes halogenated alkanes) is 1. The van der Waals surface area contributed by atoms with E-state index in [1.807, 2.05) is 0 Å². The highest BCUT2D eigenvalue weighted by molar-refractivity contribution is 5.17. The number of hydrogen-bond acceptors (Lipinski definition) is 2. The van der Waals surface area contributed by atoms with Crippen molar-refractivity contribution in [1.29, 1.82) is 0 Å². The number of hydroxylamine groups is 2. The molecule has 1 aliphatic carbocycles. The van der Waals surface area contributed by atoms with Crippen molar-refractivity contribution in [3.8, 4) is 0 Å². The molecule has 0 bridgehead atoms. The van der Waals surface area contributed by atoms with Crippen molar-refractivity contribution in [2.24, 2.45) is 11.3 Å². The smallest absolute Gasteiger partial charge is 0.0896 e. The van der Waals surface area contributed by atoms with Crippen LogP contribution in [0.4, 0.5) is 0 Å². The van der Waals surface area contributed by atoms with Gasteiger partial charge in [-0.2, -0.15) is 5.06 Å². The van der Waals surface area contributed by atoms with Gasteiger partial charge in [0.2, 0.25) is 0 Å². The summed E-state index contributed by atoms with van der Waals surface area (Å²) in [7, 11) is 0. The van der Waals surface area contributed by atoms with Crippen molar-refractivity contribution in [1.82, 2.24) is 5.06 Å². The van der Waals surface area contributed by atoms with Gasteiger partial charge in [-0.05, 0) is 63.9 Å². The fourth-order valence-electron chi connectivity index (χ4n) is 4.14. The fourth-order valence-corrected chi connectivity index (χ4v) is 4.14. The zero-order chi connectivity index (χ0) is 17.7. The molecule has 1 unspecified atom stereocenters. The molecule has 1 atom stereocenters. The van der Waals surface area contributed by atoms with Crippen molar-refractivity contribution >= 4 is 0 Å². The van der Waals surface area contributed by atoms with Crippen LogP contribution in [0.1, 0.15) is 93.9 Å². The first-order valence-corrected chi connectivity index (χ1v) is 9.72. The van der Waals surface area contributed by atoms with Crippen molar-refractivity contribution in [2.45, 2.75) is 99.5 Å². The Morgan fingerprint density at radius 3 is 2.35 bits per heavy atom. The van der Waals surface area contributed by atoms with Crippen LogP contribution in [0.25, 0.3) is 0 Å². The van der Waals surface area contributed by atoms with E-state index in [1.54, 1.807) is 5.57 Å². The lowest BCUT2D eigenvalue weighted by Gasteiger charge is -2.37. The van der Waals surface area contributed by atoms with Crippen LogP contribution in [-0.2, 0) is 4.84 Å². The molecular weight excluding hydrogens is 282 g/mol. The fraction of sp³-hybridized carbons (Fsp3) is 0.905. The topological polar surface area (TPSA) is 12.5 Å². The maximum absolute atomic E-state index is 6.24. The van der Waals surface area contributed by atoms with Crippen LogP contribution in [0.2, 0.25) is 0 Å². The van der Waals surface area contributed by atoms with Crippen LogP contribution in [0.15, 0.2) is 11.1 Å². The molecule has 0 aromatic rings. The minimum absolute atomic E-state index is 0.117. The first kappa shape index (κ1) is 20.7. The lowest BCUT2D eigenvalue weighted by atomic mass is 9.77. The van der Waals surface area contributed by atoms with E-state index in [1.165, 1.54) is 44.1 Å². The molecule has 0 heterocycles. The largest absolute Gasteiger partial charge is 0.294 e. The van der Waals surface area contributed by atoms with Gasteiger partial charge in [-0.3, -0.25) is 4.84 Å². The second-order valence-electron chi connectivity index (χ2n) is 8.78. The van der Waals surface area contributed by atoms with Crippen LogP contribution < -0.4 is 0 Å². The highest BCUT2D eigenvalue weighted by atomic mass is 16.7. The zero-order valence-corrected chi connectivity index (χ0v) is 17.1. The molecule has 0 radical (unpaired) electrons. The highest BCUT2D eigenvalue weighted by Crippen LogP contribution is 2.46. The van der Waals surface area contributed by atoms with Crippen LogP contribution in [-0.4, -0.2) is 23.8 Å². The lowest BCUT2D eigenvalue weighted by Crippen LogP contribution is -2.44. The molecule has 1 rings (SSSR count). The minimum atomic E-state index is 0.117. The van der Waals surface area contributed by atoms with Crippen molar-refractivity contribution in [3.63, 3.8) is 0 Å². The van der Waals surface area contributed by atoms with Gasteiger partial charge in [0.25, 0.3) is 0 Å². The van der Waals surface area contributed by atoms with Gasteiger partial charge in [0, 0.05) is 12.1 Å². The van der Waals surface area contributed by atoms with E-state index in [9.17, 15) is 0 Å². The molecule has 0 aromatic carbocycles. The first-order chi connectivity index (χ1) is 10.7. The maximum Gasteiger partial charge on any atom is 0.0896 e. The maximum atomic E-state index is 6.24. The molecular formula is C21H41NO. The second-order valence-corrected chi connectivity index (χ2v) is 8.78. The van der Waals surface area contributed by atoms with Crippen LogP contribution in [0.5, 0.6) is 0 Å². The Bertz CT molecular complexity index is 395. The van der Waals surface area contributed by atoms with Crippen molar-refractivity contribution in [3.05, 3.63) is 11.1 Å². The van der Waals surface area contributed by atoms with E-state index in [-0.39, 0.29) is 5.54 Å². The molecule has 2 nitrogen and oxygen atoms in total. The first-order valence-electron chi connectivity index (χ1n) is 9.72. The van der Waals surface area contributed by atoms with E-state index in [0.717, 1.165) is 19.1 Å². The van der Waals surface area contributed by atoms with Crippen LogP contribution in [0.3, 0.4) is 0 Å². The summed E-state index contributed by atoms with van der Waals surface area (Å²) in [6.07, 6.45) is 7.76. The summed E-state index contributed by atoms with van der Waals surface area (Å²) in [4.78, 5) is 6.24. The normalized spacial score (nSPS) is 22.6. The number of hydrogen-bond donors (Lipinski definition) is 0. The third kappa shape index (κ3) is 5.60. The predicted octanol–water partition coefficient (Wildman–Crippen LogP) is 6.37. The summed E-state index contributed by atoms with van der Waals surface area (Å²) in [6.45, 7) is 20.2. The summed E-state index contributed by atoms with van der Waals surface area (Å²) >= 11 is 0. The minimum Gasteiger partial charge on any atom is -0.294 e. The Balaban J connectivity index is 2.68. The monoisotopic (exact) mass is 323 g/mol. The molecule has 1 fully saturated rings. The number of allylic oxidation sites excluding steroid dienone is 1. The van der Waals surface area contributed by atoms with E-state index in [0.29, 0.717) is 5.41 Å². The van der Waals surface area contributed by atoms with Gasteiger partial charge >= 0.3 is 0 Å². The average molecular weight is 324 g/mol. The number of rotatable bonds is 9. The average Bonchev–Trinajstić information content (AvgIpc) is 2.83. The molecule has 136 valence electrons. The van der Waals surface area contributed by atoms with Crippen LogP contribution in [0, 0.1) is 11.3 Å². The van der Waals surface area contributed by atoms with E-state index in [2.05, 4.69) is 60.5 Å². The summed E-state index contributed by atoms with van der Waals surface area (Å²) in [5.41, 5.74) is 3.56. The highest BCUT2D eigenvalue weighted by Gasteiger charge is 2.36. The Morgan fingerprint density at radius 1 is 1.22 bits per heavy atom. The second kappa shape index (κ2) is 8.67. The predicted molar refractivity (Wildman–Crippen MR) is 101 cm³/mol. The molecule has 0 spiro atoms.